The maximum Gasteiger partial charge on any atom is 0.270 e. The van der Waals surface area contributed by atoms with E-state index in [0.29, 0.717) is 19.1 Å². The summed E-state index contributed by atoms with van der Waals surface area (Å²) in [4.78, 5) is 10.5. The second-order valence-corrected chi connectivity index (χ2v) is 6.41. The van der Waals surface area contributed by atoms with E-state index < -0.39 is 0 Å². The summed E-state index contributed by atoms with van der Waals surface area (Å²) in [6, 6.07) is 4.81. The smallest absolute Gasteiger partial charge is 0.270 e. The molecule has 0 saturated heterocycles. The van der Waals surface area contributed by atoms with Crippen LogP contribution in [0.1, 0.15) is 39.2 Å². The number of nitro groups is 1. The summed E-state index contributed by atoms with van der Waals surface area (Å²) in [5.74, 6) is 1.41. The number of rotatable bonds is 6. The lowest BCUT2D eigenvalue weighted by Gasteiger charge is -2.21. The zero-order chi connectivity index (χ0) is 14.8. The van der Waals surface area contributed by atoms with Gasteiger partial charge < -0.3 is 10.1 Å². The molecule has 20 heavy (non-hydrogen) atoms. The van der Waals surface area contributed by atoms with Gasteiger partial charge in [-0.15, -0.1) is 0 Å². The summed E-state index contributed by atoms with van der Waals surface area (Å²) >= 11 is 0. The molecule has 110 valence electrons. The first kappa shape index (κ1) is 14.8. The van der Waals surface area contributed by atoms with Gasteiger partial charge in [0, 0.05) is 29.8 Å². The second kappa shape index (κ2) is 5.79. The van der Waals surface area contributed by atoms with Gasteiger partial charge in [0.2, 0.25) is 0 Å². The van der Waals surface area contributed by atoms with Crippen LogP contribution >= 0.6 is 0 Å². The van der Waals surface area contributed by atoms with Gasteiger partial charge in [-0.05, 0) is 45.6 Å². The van der Waals surface area contributed by atoms with Crippen molar-refractivity contribution in [1.82, 2.24) is 5.32 Å². The van der Waals surface area contributed by atoms with Crippen molar-refractivity contribution in [2.75, 3.05) is 6.61 Å². The molecule has 0 spiro atoms. The SMILES string of the molecule is CC(C)(C)NCc1cc([N+](=O)[O-])ccc1OCC1CC1. The first-order valence-electron chi connectivity index (χ1n) is 7.00. The topological polar surface area (TPSA) is 64.4 Å². The average molecular weight is 278 g/mol. The van der Waals surface area contributed by atoms with Gasteiger partial charge in [-0.25, -0.2) is 0 Å². The first-order valence-corrected chi connectivity index (χ1v) is 7.00. The number of nitrogens with zero attached hydrogens (tertiary/aromatic N) is 1. The van der Waals surface area contributed by atoms with Crippen molar-refractivity contribution in [2.24, 2.45) is 5.92 Å². The molecule has 1 fully saturated rings. The van der Waals surface area contributed by atoms with Gasteiger partial charge in [0.1, 0.15) is 5.75 Å². The molecule has 5 heteroatoms. The van der Waals surface area contributed by atoms with E-state index in [1.165, 1.54) is 18.9 Å². The molecule has 2 rings (SSSR count). The van der Waals surface area contributed by atoms with Crippen molar-refractivity contribution in [3.8, 4) is 5.75 Å². The predicted octanol–water partition coefficient (Wildman–Crippen LogP) is 3.27. The van der Waals surface area contributed by atoms with Crippen LogP contribution in [0.4, 0.5) is 5.69 Å². The van der Waals surface area contributed by atoms with E-state index in [2.05, 4.69) is 26.1 Å². The summed E-state index contributed by atoms with van der Waals surface area (Å²) in [6.07, 6.45) is 2.45. The van der Waals surface area contributed by atoms with Crippen molar-refractivity contribution in [2.45, 2.75) is 45.7 Å². The van der Waals surface area contributed by atoms with E-state index in [0.717, 1.165) is 11.3 Å². The summed E-state index contributed by atoms with van der Waals surface area (Å²) in [6.45, 7) is 7.46. The Morgan fingerprint density at radius 3 is 2.65 bits per heavy atom. The van der Waals surface area contributed by atoms with E-state index >= 15 is 0 Å². The number of non-ortho nitro benzene ring substituents is 1. The van der Waals surface area contributed by atoms with Crippen LogP contribution in [0.5, 0.6) is 5.75 Å². The van der Waals surface area contributed by atoms with Gasteiger partial charge in [-0.2, -0.15) is 0 Å². The molecule has 5 nitrogen and oxygen atoms in total. The fraction of sp³-hybridized carbons (Fsp3) is 0.600. The van der Waals surface area contributed by atoms with Gasteiger partial charge in [0.25, 0.3) is 5.69 Å². The Kier molecular flexibility index (Phi) is 4.28. The zero-order valence-electron chi connectivity index (χ0n) is 12.3. The number of nitrogens with one attached hydrogen (secondary N) is 1. The largest absolute Gasteiger partial charge is 0.493 e. The fourth-order valence-electron chi connectivity index (χ4n) is 1.81. The summed E-state index contributed by atoms with van der Waals surface area (Å²) in [5.41, 5.74) is 0.905. The van der Waals surface area contributed by atoms with Gasteiger partial charge in [-0.1, -0.05) is 0 Å². The highest BCUT2D eigenvalue weighted by Crippen LogP contribution is 2.31. The lowest BCUT2D eigenvalue weighted by atomic mass is 10.1. The van der Waals surface area contributed by atoms with Crippen molar-refractivity contribution >= 4 is 5.69 Å². The molecule has 0 radical (unpaired) electrons. The van der Waals surface area contributed by atoms with Crippen LogP contribution in [0, 0.1) is 16.0 Å². The number of nitro benzene ring substituents is 1. The lowest BCUT2D eigenvalue weighted by molar-refractivity contribution is -0.384. The quantitative estimate of drug-likeness (QED) is 0.640. The Bertz CT molecular complexity index is 490. The van der Waals surface area contributed by atoms with Crippen LogP contribution in [0.3, 0.4) is 0 Å². The number of benzene rings is 1. The van der Waals surface area contributed by atoms with Crippen LogP contribution in [0.2, 0.25) is 0 Å². The Hall–Kier alpha value is -1.62. The van der Waals surface area contributed by atoms with Crippen molar-refractivity contribution in [3.05, 3.63) is 33.9 Å². The highest BCUT2D eigenvalue weighted by molar-refractivity contribution is 5.43. The predicted molar refractivity (Wildman–Crippen MR) is 77.9 cm³/mol. The third-order valence-electron chi connectivity index (χ3n) is 3.24. The van der Waals surface area contributed by atoms with Crippen molar-refractivity contribution in [1.29, 1.82) is 0 Å². The van der Waals surface area contributed by atoms with E-state index in [1.807, 2.05) is 0 Å². The molecule has 0 amide bonds. The van der Waals surface area contributed by atoms with E-state index in [9.17, 15) is 10.1 Å². The molecule has 0 bridgehead atoms. The second-order valence-electron chi connectivity index (χ2n) is 6.41. The number of hydrogen-bond acceptors (Lipinski definition) is 4. The van der Waals surface area contributed by atoms with Crippen molar-refractivity contribution in [3.63, 3.8) is 0 Å². The molecular formula is C15H22N2O3. The minimum absolute atomic E-state index is 0.0433. The average Bonchev–Trinajstić information content (AvgIpc) is 3.17. The van der Waals surface area contributed by atoms with Gasteiger partial charge in [0.05, 0.1) is 11.5 Å². The molecule has 1 saturated carbocycles. The summed E-state index contributed by atoms with van der Waals surface area (Å²) in [7, 11) is 0. The highest BCUT2D eigenvalue weighted by atomic mass is 16.6. The normalized spacial score (nSPS) is 15.2. The van der Waals surface area contributed by atoms with Crippen molar-refractivity contribution < 1.29 is 9.66 Å². The van der Waals surface area contributed by atoms with E-state index in [4.69, 9.17) is 4.74 Å². The molecule has 1 N–H and O–H groups in total. The zero-order valence-corrected chi connectivity index (χ0v) is 12.3. The number of hydrogen-bond donors (Lipinski definition) is 1. The lowest BCUT2D eigenvalue weighted by Crippen LogP contribution is -2.35. The first-order chi connectivity index (χ1) is 9.35. The molecule has 0 unspecified atom stereocenters. The molecule has 1 aliphatic carbocycles. The maximum atomic E-state index is 10.9. The van der Waals surface area contributed by atoms with Crippen LogP contribution in [0.25, 0.3) is 0 Å². The Balaban J connectivity index is 2.12. The Labute approximate surface area is 119 Å². The monoisotopic (exact) mass is 278 g/mol. The Morgan fingerprint density at radius 1 is 1.40 bits per heavy atom. The van der Waals surface area contributed by atoms with Gasteiger partial charge >= 0.3 is 0 Å². The van der Waals surface area contributed by atoms with E-state index in [-0.39, 0.29) is 16.1 Å². The molecule has 0 aromatic heterocycles. The molecule has 0 atom stereocenters. The highest BCUT2D eigenvalue weighted by Gasteiger charge is 2.23. The van der Waals surface area contributed by atoms with Gasteiger partial charge in [0.15, 0.2) is 0 Å². The third kappa shape index (κ3) is 4.49. The molecular weight excluding hydrogens is 256 g/mol. The summed E-state index contributed by atoms with van der Waals surface area (Å²) < 4.78 is 5.80. The number of ether oxygens (including phenoxy) is 1. The molecule has 1 aromatic rings. The molecule has 0 heterocycles. The Morgan fingerprint density at radius 2 is 2.10 bits per heavy atom. The molecule has 0 aliphatic heterocycles. The van der Waals surface area contributed by atoms with Crippen LogP contribution in [0.15, 0.2) is 18.2 Å². The van der Waals surface area contributed by atoms with E-state index in [1.54, 1.807) is 12.1 Å². The van der Waals surface area contributed by atoms with Gasteiger partial charge in [-0.3, -0.25) is 10.1 Å². The van der Waals surface area contributed by atoms with Crippen LogP contribution in [-0.4, -0.2) is 17.1 Å². The maximum absolute atomic E-state index is 10.9. The minimum Gasteiger partial charge on any atom is -0.493 e. The van der Waals surface area contributed by atoms with Crippen LogP contribution in [-0.2, 0) is 6.54 Å². The van der Waals surface area contributed by atoms with Crippen LogP contribution < -0.4 is 10.1 Å². The molecule has 1 aromatic carbocycles. The third-order valence-corrected chi connectivity index (χ3v) is 3.24. The standard InChI is InChI=1S/C15H22N2O3/c1-15(2,3)16-9-12-8-13(17(18)19)6-7-14(12)20-10-11-4-5-11/h6-8,11,16H,4-5,9-10H2,1-3H3. The fourth-order valence-corrected chi connectivity index (χ4v) is 1.81. The molecule has 1 aliphatic rings. The summed E-state index contributed by atoms with van der Waals surface area (Å²) in [5, 5.41) is 14.2. The minimum atomic E-state index is -0.370.